The quantitative estimate of drug-likeness (QED) is 0.642. The maximum Gasteiger partial charge on any atom is 0.191 e. The van der Waals surface area contributed by atoms with Gasteiger partial charge in [0.2, 0.25) is 0 Å². The highest BCUT2D eigenvalue weighted by Gasteiger charge is 2.21. The fraction of sp³-hybridized carbons (Fsp3) is 0.286. The van der Waals surface area contributed by atoms with E-state index in [-0.39, 0.29) is 17.2 Å². The summed E-state index contributed by atoms with van der Waals surface area (Å²) >= 11 is 1.21. The molecule has 2 aromatic rings. The van der Waals surface area contributed by atoms with Gasteiger partial charge < -0.3 is 9.98 Å². The molecule has 0 aromatic carbocycles. The molecule has 0 saturated heterocycles. The van der Waals surface area contributed by atoms with Crippen LogP contribution in [0.25, 0.3) is 11.4 Å². The molecule has 0 spiro atoms. The summed E-state index contributed by atoms with van der Waals surface area (Å²) in [6.45, 7) is 1.46. The Morgan fingerprint density at radius 3 is 2.73 bits per heavy atom. The lowest BCUT2D eigenvalue weighted by molar-refractivity contribution is -0.117. The van der Waals surface area contributed by atoms with Crippen LogP contribution in [0.2, 0.25) is 0 Å². The van der Waals surface area contributed by atoms with E-state index in [0.29, 0.717) is 11.0 Å². The monoisotopic (exact) mass is 314 g/mol. The van der Waals surface area contributed by atoms with Crippen LogP contribution in [0.1, 0.15) is 6.92 Å². The molecule has 7 nitrogen and oxygen atoms in total. The number of aromatic nitrogens is 4. The van der Waals surface area contributed by atoms with Gasteiger partial charge in [0.25, 0.3) is 0 Å². The third-order valence-corrected chi connectivity index (χ3v) is 4.04. The molecule has 1 unspecified atom stereocenters. The van der Waals surface area contributed by atoms with Gasteiger partial charge >= 0.3 is 0 Å². The fourth-order valence-corrected chi connectivity index (χ4v) is 2.64. The first-order chi connectivity index (χ1) is 10.5. The predicted octanol–water partition coefficient (Wildman–Crippen LogP) is 1.72. The summed E-state index contributed by atoms with van der Waals surface area (Å²) in [4.78, 5) is 15.9. The van der Waals surface area contributed by atoms with E-state index >= 15 is 0 Å². The minimum Gasteiger partial charge on any atom is -0.308 e. The number of thioether (sulfide) groups is 1. The Hall–Kier alpha value is -2.53. The maximum absolute atomic E-state index is 11.9. The minimum absolute atomic E-state index is 0.0588. The molecule has 0 aliphatic rings. The summed E-state index contributed by atoms with van der Waals surface area (Å²) in [5, 5.41) is 25.1. The summed E-state index contributed by atoms with van der Waals surface area (Å²) < 4.78 is 1.78. The number of nitriles is 1. The van der Waals surface area contributed by atoms with E-state index in [1.807, 2.05) is 25.2 Å². The molecule has 0 amide bonds. The van der Waals surface area contributed by atoms with E-state index < -0.39 is 5.92 Å². The van der Waals surface area contributed by atoms with Crippen molar-refractivity contribution in [2.24, 2.45) is 13.0 Å². The molecular weight excluding hydrogens is 300 g/mol. The van der Waals surface area contributed by atoms with Crippen molar-refractivity contribution >= 4 is 23.3 Å². The molecule has 0 radical (unpaired) electrons. The van der Waals surface area contributed by atoms with E-state index in [9.17, 15) is 4.79 Å². The number of pyridine rings is 1. The summed E-state index contributed by atoms with van der Waals surface area (Å²) in [5.41, 5.74) is 0.942. The van der Waals surface area contributed by atoms with Gasteiger partial charge in [-0.2, -0.15) is 5.26 Å². The number of ketones is 1. The summed E-state index contributed by atoms with van der Waals surface area (Å²) in [7, 11) is 1.81. The maximum atomic E-state index is 11.9. The molecule has 8 heteroatoms. The zero-order chi connectivity index (χ0) is 16.1. The average molecular weight is 314 g/mol. The number of rotatable bonds is 6. The first kappa shape index (κ1) is 15.9. The Morgan fingerprint density at radius 1 is 1.45 bits per heavy atom. The molecule has 112 valence electrons. The highest BCUT2D eigenvalue weighted by atomic mass is 32.2. The molecular formula is C14H14N6OS. The Labute approximate surface area is 131 Å². The lowest BCUT2D eigenvalue weighted by Gasteiger charge is -2.06. The number of Topliss-reactive ketones (excluding diaryl/α,β-unsaturated/α-hetero) is 1. The van der Waals surface area contributed by atoms with E-state index in [2.05, 4.69) is 15.2 Å². The van der Waals surface area contributed by atoms with Crippen molar-refractivity contribution in [2.75, 3.05) is 5.75 Å². The zero-order valence-corrected chi connectivity index (χ0v) is 13.0. The molecule has 0 saturated carbocycles. The van der Waals surface area contributed by atoms with E-state index in [1.165, 1.54) is 18.7 Å². The smallest absolute Gasteiger partial charge is 0.191 e. The largest absolute Gasteiger partial charge is 0.308 e. The van der Waals surface area contributed by atoms with E-state index in [1.54, 1.807) is 17.0 Å². The van der Waals surface area contributed by atoms with Crippen LogP contribution >= 0.6 is 11.8 Å². The zero-order valence-electron chi connectivity index (χ0n) is 12.1. The molecule has 22 heavy (non-hydrogen) atoms. The van der Waals surface area contributed by atoms with Gasteiger partial charge in [0.15, 0.2) is 16.8 Å². The van der Waals surface area contributed by atoms with Crippen molar-refractivity contribution in [3.05, 3.63) is 24.5 Å². The van der Waals surface area contributed by atoms with E-state index in [4.69, 9.17) is 10.7 Å². The second kappa shape index (κ2) is 6.95. The standard InChI is InChI=1S/C14H14N6OS/c1-9(16)11(7-15)12(21)8-22-14-19-18-13(20(14)2)10-3-5-17-6-4-10/h3-6,11,16H,8H2,1-2H3. The summed E-state index contributed by atoms with van der Waals surface area (Å²) in [5.74, 6) is -0.525. The SMILES string of the molecule is CC(=N)C(C#N)C(=O)CSc1nnc(-c2ccncc2)n1C. The molecule has 1 atom stereocenters. The number of carbonyl (C=O) groups is 1. The Balaban J connectivity index is 2.10. The van der Waals surface area contributed by atoms with Crippen LogP contribution in [0.15, 0.2) is 29.7 Å². The van der Waals surface area contributed by atoms with Crippen molar-refractivity contribution in [3.8, 4) is 17.5 Å². The molecule has 2 heterocycles. The molecule has 0 fully saturated rings. The Kier molecular flexibility index (Phi) is 5.01. The van der Waals surface area contributed by atoms with Crippen LogP contribution in [-0.2, 0) is 11.8 Å². The van der Waals surface area contributed by atoms with Crippen molar-refractivity contribution in [2.45, 2.75) is 12.1 Å². The molecule has 0 aliphatic carbocycles. The number of carbonyl (C=O) groups excluding carboxylic acids is 1. The van der Waals surface area contributed by atoms with Gasteiger partial charge in [0.1, 0.15) is 5.92 Å². The van der Waals surface area contributed by atoms with Crippen LogP contribution < -0.4 is 0 Å². The van der Waals surface area contributed by atoms with Gasteiger partial charge in [-0.05, 0) is 19.1 Å². The minimum atomic E-state index is -0.986. The lowest BCUT2D eigenvalue weighted by Crippen LogP contribution is -2.21. The van der Waals surface area contributed by atoms with Crippen molar-refractivity contribution < 1.29 is 4.79 Å². The topological polar surface area (TPSA) is 108 Å². The molecule has 0 aliphatic heterocycles. The summed E-state index contributed by atoms with van der Waals surface area (Å²) in [6, 6.07) is 5.50. The molecule has 1 N–H and O–H groups in total. The second-order valence-electron chi connectivity index (χ2n) is 4.60. The van der Waals surface area contributed by atoms with Crippen LogP contribution in [0.3, 0.4) is 0 Å². The van der Waals surface area contributed by atoms with Crippen molar-refractivity contribution in [3.63, 3.8) is 0 Å². The highest BCUT2D eigenvalue weighted by Crippen LogP contribution is 2.22. The predicted molar refractivity (Wildman–Crippen MR) is 82.5 cm³/mol. The first-order valence-corrected chi connectivity index (χ1v) is 7.43. The highest BCUT2D eigenvalue weighted by molar-refractivity contribution is 7.99. The van der Waals surface area contributed by atoms with Crippen molar-refractivity contribution in [1.29, 1.82) is 10.7 Å². The van der Waals surface area contributed by atoms with Crippen LogP contribution in [0, 0.1) is 22.7 Å². The Bertz CT molecular complexity index is 734. The van der Waals surface area contributed by atoms with E-state index in [0.717, 1.165) is 5.56 Å². The molecule has 0 bridgehead atoms. The third kappa shape index (κ3) is 3.38. The van der Waals surface area contributed by atoms with Gasteiger partial charge in [-0.1, -0.05) is 11.8 Å². The number of nitrogens with zero attached hydrogens (tertiary/aromatic N) is 5. The summed E-state index contributed by atoms with van der Waals surface area (Å²) in [6.07, 6.45) is 3.34. The van der Waals surface area contributed by atoms with Crippen LogP contribution in [0.4, 0.5) is 0 Å². The normalized spacial score (nSPS) is 11.7. The first-order valence-electron chi connectivity index (χ1n) is 6.44. The number of hydrogen-bond donors (Lipinski definition) is 1. The van der Waals surface area contributed by atoms with Gasteiger partial charge in [0, 0.05) is 30.7 Å². The molecule has 2 rings (SSSR count). The second-order valence-corrected chi connectivity index (χ2v) is 5.54. The number of nitrogens with one attached hydrogen (secondary N) is 1. The van der Waals surface area contributed by atoms with Crippen LogP contribution in [-0.4, -0.2) is 37.0 Å². The van der Waals surface area contributed by atoms with Crippen molar-refractivity contribution in [1.82, 2.24) is 19.7 Å². The van der Waals surface area contributed by atoms with Gasteiger partial charge in [0.05, 0.1) is 11.8 Å². The number of hydrogen-bond acceptors (Lipinski definition) is 7. The van der Waals surface area contributed by atoms with Gasteiger partial charge in [-0.15, -0.1) is 10.2 Å². The Morgan fingerprint density at radius 2 is 2.14 bits per heavy atom. The fourth-order valence-electron chi connectivity index (χ4n) is 1.82. The third-order valence-electron chi connectivity index (χ3n) is 3.00. The van der Waals surface area contributed by atoms with Gasteiger partial charge in [-0.3, -0.25) is 9.78 Å². The lowest BCUT2D eigenvalue weighted by atomic mass is 10.0. The average Bonchev–Trinajstić information content (AvgIpc) is 2.87. The molecule has 2 aromatic heterocycles. The van der Waals surface area contributed by atoms with Gasteiger partial charge in [-0.25, -0.2) is 0 Å². The van der Waals surface area contributed by atoms with Crippen LogP contribution in [0.5, 0.6) is 0 Å².